The van der Waals surface area contributed by atoms with Gasteiger partial charge in [0.15, 0.2) is 0 Å². The number of hydrogen-bond acceptors (Lipinski definition) is 2. The Morgan fingerprint density at radius 2 is 2.06 bits per heavy atom. The lowest BCUT2D eigenvalue weighted by atomic mass is 9.91. The standard InChI is InChI=1S/C16H12N2/c1-2-7-14-12(5-1)13-6-3-4-11-8-9-17-15(10-11)16(13)18-14/h1-9,15H,10H2/b4-3-,13-6-. The van der Waals surface area contributed by atoms with Gasteiger partial charge in [-0.3, -0.25) is 4.99 Å². The molecule has 2 bridgehead atoms. The van der Waals surface area contributed by atoms with Gasteiger partial charge in [-0.15, -0.1) is 0 Å². The molecule has 0 N–H and O–H groups in total. The van der Waals surface area contributed by atoms with E-state index in [0.717, 1.165) is 17.8 Å². The third-order valence-corrected chi connectivity index (χ3v) is 3.58. The number of rotatable bonds is 0. The summed E-state index contributed by atoms with van der Waals surface area (Å²) < 4.78 is 0. The molecule has 4 rings (SSSR count). The Balaban J connectivity index is 1.93. The second-order valence-corrected chi connectivity index (χ2v) is 4.71. The van der Waals surface area contributed by atoms with Crippen molar-refractivity contribution < 1.29 is 0 Å². The van der Waals surface area contributed by atoms with Gasteiger partial charge in [-0.05, 0) is 17.7 Å². The Kier molecular flexibility index (Phi) is 1.97. The van der Waals surface area contributed by atoms with Crippen molar-refractivity contribution in [1.29, 1.82) is 0 Å². The maximum atomic E-state index is 4.77. The monoisotopic (exact) mass is 232 g/mol. The minimum Gasteiger partial charge on any atom is -0.283 e. The minimum atomic E-state index is 0.175. The van der Waals surface area contributed by atoms with Gasteiger partial charge in [0.1, 0.15) is 0 Å². The Labute approximate surface area is 106 Å². The predicted octanol–water partition coefficient (Wildman–Crippen LogP) is 3.50. The topological polar surface area (TPSA) is 24.7 Å². The number of dihydropyridines is 1. The van der Waals surface area contributed by atoms with Crippen molar-refractivity contribution >= 4 is 23.2 Å². The van der Waals surface area contributed by atoms with Crippen LogP contribution in [-0.4, -0.2) is 18.0 Å². The van der Waals surface area contributed by atoms with Gasteiger partial charge in [-0.1, -0.05) is 36.4 Å². The third-order valence-electron chi connectivity index (χ3n) is 3.58. The lowest BCUT2D eigenvalue weighted by Gasteiger charge is -2.19. The molecule has 0 spiro atoms. The molecule has 2 heteroatoms. The molecule has 1 atom stereocenters. The van der Waals surface area contributed by atoms with Gasteiger partial charge in [0, 0.05) is 23.8 Å². The van der Waals surface area contributed by atoms with Gasteiger partial charge < -0.3 is 0 Å². The summed E-state index contributed by atoms with van der Waals surface area (Å²) in [5, 5.41) is 0. The molecule has 86 valence electrons. The van der Waals surface area contributed by atoms with Crippen LogP contribution in [-0.2, 0) is 0 Å². The third kappa shape index (κ3) is 1.35. The van der Waals surface area contributed by atoms with E-state index >= 15 is 0 Å². The number of para-hydroxylation sites is 1. The van der Waals surface area contributed by atoms with E-state index in [1.807, 2.05) is 12.3 Å². The van der Waals surface area contributed by atoms with Crippen LogP contribution in [0.4, 0.5) is 5.69 Å². The molecule has 0 amide bonds. The van der Waals surface area contributed by atoms with Gasteiger partial charge in [0.05, 0.1) is 17.4 Å². The highest BCUT2D eigenvalue weighted by Gasteiger charge is 2.28. The quantitative estimate of drug-likeness (QED) is 0.654. The molecular weight excluding hydrogens is 220 g/mol. The molecule has 1 aromatic rings. The van der Waals surface area contributed by atoms with Crippen LogP contribution in [0.25, 0.3) is 5.57 Å². The molecule has 1 aliphatic carbocycles. The number of hydrogen-bond donors (Lipinski definition) is 0. The van der Waals surface area contributed by atoms with E-state index in [0.29, 0.717) is 0 Å². The number of fused-ring (bicyclic) bond motifs is 6. The Morgan fingerprint density at radius 1 is 1.11 bits per heavy atom. The molecular formula is C16H12N2. The average Bonchev–Trinajstić information content (AvgIpc) is 2.77. The molecule has 2 aliphatic heterocycles. The van der Waals surface area contributed by atoms with Gasteiger partial charge in [0.25, 0.3) is 0 Å². The largest absolute Gasteiger partial charge is 0.283 e. The smallest absolute Gasteiger partial charge is 0.0966 e. The molecule has 3 aliphatic rings. The van der Waals surface area contributed by atoms with Crippen LogP contribution in [0.15, 0.2) is 64.1 Å². The highest BCUT2D eigenvalue weighted by Crippen LogP contribution is 2.38. The van der Waals surface area contributed by atoms with Crippen LogP contribution in [0, 0.1) is 0 Å². The second-order valence-electron chi connectivity index (χ2n) is 4.71. The lowest BCUT2D eigenvalue weighted by Crippen LogP contribution is -2.21. The van der Waals surface area contributed by atoms with E-state index in [9.17, 15) is 0 Å². The lowest BCUT2D eigenvalue weighted by molar-refractivity contribution is 0.853. The van der Waals surface area contributed by atoms with Crippen molar-refractivity contribution in [1.82, 2.24) is 0 Å². The summed E-state index contributed by atoms with van der Waals surface area (Å²) in [5.41, 5.74) is 5.96. The molecule has 0 saturated heterocycles. The van der Waals surface area contributed by atoms with E-state index in [1.54, 1.807) is 0 Å². The molecule has 0 fully saturated rings. The van der Waals surface area contributed by atoms with Crippen LogP contribution in [0.2, 0.25) is 0 Å². The van der Waals surface area contributed by atoms with Crippen molar-refractivity contribution in [3.63, 3.8) is 0 Å². The Morgan fingerprint density at radius 3 is 3.06 bits per heavy atom. The SMILES string of the molecule is C1=NC2CC(=C1)/C=C\C=C1/C2=Nc2ccccc21. The van der Waals surface area contributed by atoms with Crippen LogP contribution in [0.3, 0.4) is 0 Å². The van der Waals surface area contributed by atoms with Crippen molar-refractivity contribution in [2.75, 3.05) is 0 Å². The molecule has 0 aromatic heterocycles. The zero-order chi connectivity index (χ0) is 11.9. The van der Waals surface area contributed by atoms with Crippen LogP contribution in [0.5, 0.6) is 0 Å². The van der Waals surface area contributed by atoms with Gasteiger partial charge >= 0.3 is 0 Å². The summed E-state index contributed by atoms with van der Waals surface area (Å²) in [7, 11) is 0. The summed E-state index contributed by atoms with van der Waals surface area (Å²) in [6.45, 7) is 0. The number of allylic oxidation sites excluding steroid dienone is 4. The van der Waals surface area contributed by atoms with Crippen LogP contribution in [0.1, 0.15) is 12.0 Å². The number of aliphatic imine (C=N–C) groups is 2. The minimum absolute atomic E-state index is 0.175. The first-order valence-electron chi connectivity index (χ1n) is 6.21. The van der Waals surface area contributed by atoms with Crippen LogP contribution >= 0.6 is 0 Å². The second kappa shape index (κ2) is 3.64. The first kappa shape index (κ1) is 9.77. The molecule has 1 aromatic carbocycles. The van der Waals surface area contributed by atoms with Crippen LogP contribution < -0.4 is 0 Å². The van der Waals surface area contributed by atoms with Crippen molar-refractivity contribution in [3.8, 4) is 0 Å². The zero-order valence-corrected chi connectivity index (χ0v) is 9.88. The summed E-state index contributed by atoms with van der Waals surface area (Å²) in [6.07, 6.45) is 11.4. The van der Waals surface area contributed by atoms with Crippen molar-refractivity contribution in [2.45, 2.75) is 12.5 Å². The Bertz CT molecular complexity index is 672. The van der Waals surface area contributed by atoms with Crippen molar-refractivity contribution in [2.24, 2.45) is 9.98 Å². The fourth-order valence-corrected chi connectivity index (χ4v) is 2.70. The molecule has 0 saturated carbocycles. The summed E-state index contributed by atoms with van der Waals surface area (Å²) >= 11 is 0. The fourth-order valence-electron chi connectivity index (χ4n) is 2.70. The number of nitrogens with zero attached hydrogens (tertiary/aromatic N) is 2. The zero-order valence-electron chi connectivity index (χ0n) is 9.88. The number of benzene rings is 1. The van der Waals surface area contributed by atoms with E-state index < -0.39 is 0 Å². The average molecular weight is 232 g/mol. The predicted molar refractivity (Wildman–Crippen MR) is 75.6 cm³/mol. The molecule has 2 heterocycles. The summed E-state index contributed by atoms with van der Waals surface area (Å²) in [4.78, 5) is 9.34. The van der Waals surface area contributed by atoms with Gasteiger partial charge in [-0.25, -0.2) is 4.99 Å². The fraction of sp³-hybridized carbons (Fsp3) is 0.125. The van der Waals surface area contributed by atoms with Gasteiger partial charge in [0.2, 0.25) is 0 Å². The molecule has 18 heavy (non-hydrogen) atoms. The van der Waals surface area contributed by atoms with E-state index in [4.69, 9.17) is 4.99 Å². The van der Waals surface area contributed by atoms with Crippen molar-refractivity contribution in [3.05, 3.63) is 59.7 Å². The molecule has 1 unspecified atom stereocenters. The summed E-state index contributed by atoms with van der Waals surface area (Å²) in [6, 6.07) is 8.48. The van der Waals surface area contributed by atoms with E-state index in [2.05, 4.69) is 47.5 Å². The van der Waals surface area contributed by atoms with E-state index in [-0.39, 0.29) is 6.04 Å². The van der Waals surface area contributed by atoms with Gasteiger partial charge in [-0.2, -0.15) is 0 Å². The maximum Gasteiger partial charge on any atom is 0.0966 e. The first-order chi connectivity index (χ1) is 8.92. The molecule has 2 nitrogen and oxygen atoms in total. The van der Waals surface area contributed by atoms with E-state index in [1.165, 1.54) is 16.7 Å². The normalized spacial score (nSPS) is 28.0. The molecule has 0 radical (unpaired) electrons. The highest BCUT2D eigenvalue weighted by molar-refractivity contribution is 6.31. The maximum absolute atomic E-state index is 4.77. The highest BCUT2D eigenvalue weighted by atomic mass is 14.9. The first-order valence-corrected chi connectivity index (χ1v) is 6.21. The Hall–Kier alpha value is -2.22. The summed E-state index contributed by atoms with van der Waals surface area (Å²) in [5.74, 6) is 0.